The molecule has 1 atom stereocenters. The van der Waals surface area contributed by atoms with Crippen molar-refractivity contribution in [3.05, 3.63) is 42.0 Å². The summed E-state index contributed by atoms with van der Waals surface area (Å²) in [5.41, 5.74) is 1.75. The highest BCUT2D eigenvalue weighted by atomic mass is 16.6. The van der Waals surface area contributed by atoms with Crippen molar-refractivity contribution in [1.82, 2.24) is 10.6 Å². The second-order valence-electron chi connectivity index (χ2n) is 7.57. The van der Waals surface area contributed by atoms with Gasteiger partial charge in [-0.2, -0.15) is 0 Å². The van der Waals surface area contributed by atoms with E-state index >= 15 is 0 Å². The molecule has 2 N–H and O–H groups in total. The molecular weight excluding hydrogens is 414 g/mol. The van der Waals surface area contributed by atoms with Gasteiger partial charge in [0, 0.05) is 31.3 Å². The van der Waals surface area contributed by atoms with Crippen LogP contribution in [0.3, 0.4) is 0 Å². The summed E-state index contributed by atoms with van der Waals surface area (Å²) in [6.07, 6.45) is 0.887. The van der Waals surface area contributed by atoms with Gasteiger partial charge in [0.05, 0.1) is 20.3 Å². The molecule has 2 aromatic carbocycles. The molecule has 4 rings (SSSR count). The van der Waals surface area contributed by atoms with Gasteiger partial charge in [-0.05, 0) is 36.2 Å². The number of hydrogen-bond acceptors (Lipinski definition) is 6. The molecule has 0 saturated carbocycles. The molecule has 2 aliphatic rings. The van der Waals surface area contributed by atoms with E-state index in [-0.39, 0.29) is 24.4 Å². The number of nitrogens with zero attached hydrogens (tertiary/aromatic N) is 1. The fraction of sp³-hybridized carbons (Fsp3) is 0.391. The zero-order valence-electron chi connectivity index (χ0n) is 18.2. The predicted molar refractivity (Wildman–Crippen MR) is 118 cm³/mol. The van der Waals surface area contributed by atoms with E-state index in [4.69, 9.17) is 18.9 Å². The second kappa shape index (κ2) is 9.67. The summed E-state index contributed by atoms with van der Waals surface area (Å²) in [6, 6.07) is 10.5. The van der Waals surface area contributed by atoms with Crippen molar-refractivity contribution in [3.8, 4) is 23.0 Å². The number of benzene rings is 2. The summed E-state index contributed by atoms with van der Waals surface area (Å²) in [5.74, 6) is 2.58. The predicted octanol–water partition coefficient (Wildman–Crippen LogP) is 2.12. The Morgan fingerprint density at radius 3 is 2.62 bits per heavy atom. The number of methoxy groups -OCH3 is 2. The van der Waals surface area contributed by atoms with Gasteiger partial charge in [-0.25, -0.2) is 4.79 Å². The van der Waals surface area contributed by atoms with Crippen LogP contribution in [0.4, 0.5) is 10.5 Å². The van der Waals surface area contributed by atoms with Gasteiger partial charge < -0.3 is 34.5 Å². The monoisotopic (exact) mass is 441 g/mol. The number of urea groups is 1. The Morgan fingerprint density at radius 2 is 1.84 bits per heavy atom. The Labute approximate surface area is 186 Å². The van der Waals surface area contributed by atoms with Gasteiger partial charge >= 0.3 is 6.03 Å². The van der Waals surface area contributed by atoms with E-state index in [2.05, 4.69) is 10.6 Å². The summed E-state index contributed by atoms with van der Waals surface area (Å²) in [6.45, 7) is 1.86. The van der Waals surface area contributed by atoms with Gasteiger partial charge in [-0.3, -0.25) is 4.79 Å². The number of amides is 3. The van der Waals surface area contributed by atoms with Crippen LogP contribution in [0.1, 0.15) is 12.0 Å². The molecule has 32 heavy (non-hydrogen) atoms. The summed E-state index contributed by atoms with van der Waals surface area (Å²) >= 11 is 0. The maximum atomic E-state index is 12.5. The average molecular weight is 441 g/mol. The molecule has 170 valence electrons. The highest BCUT2D eigenvalue weighted by Gasteiger charge is 2.32. The van der Waals surface area contributed by atoms with Crippen molar-refractivity contribution in [3.63, 3.8) is 0 Å². The van der Waals surface area contributed by atoms with Gasteiger partial charge in [0.15, 0.2) is 23.0 Å². The molecule has 2 aliphatic heterocycles. The lowest BCUT2D eigenvalue weighted by Gasteiger charge is -2.22. The Morgan fingerprint density at radius 1 is 1.06 bits per heavy atom. The van der Waals surface area contributed by atoms with Gasteiger partial charge in [0.2, 0.25) is 5.91 Å². The molecule has 0 unspecified atom stereocenters. The van der Waals surface area contributed by atoms with E-state index in [1.807, 2.05) is 24.3 Å². The molecule has 0 bridgehead atoms. The van der Waals surface area contributed by atoms with Crippen molar-refractivity contribution >= 4 is 17.6 Å². The molecule has 9 nitrogen and oxygen atoms in total. The number of fused-ring (bicyclic) bond motifs is 1. The number of rotatable bonds is 7. The van der Waals surface area contributed by atoms with E-state index in [0.29, 0.717) is 55.7 Å². The lowest BCUT2D eigenvalue weighted by Crippen LogP contribution is -2.43. The molecule has 0 aliphatic carbocycles. The van der Waals surface area contributed by atoms with E-state index < -0.39 is 0 Å². The summed E-state index contributed by atoms with van der Waals surface area (Å²) < 4.78 is 21.7. The fourth-order valence-corrected chi connectivity index (χ4v) is 3.85. The van der Waals surface area contributed by atoms with Crippen LogP contribution in [0, 0.1) is 0 Å². The Balaban J connectivity index is 1.27. The normalized spacial score (nSPS) is 17.1. The first-order chi connectivity index (χ1) is 15.6. The zero-order valence-corrected chi connectivity index (χ0v) is 18.2. The third-order valence-electron chi connectivity index (χ3n) is 5.44. The number of hydrogen-bond donors (Lipinski definition) is 2. The minimum absolute atomic E-state index is 0.0442. The van der Waals surface area contributed by atoms with Crippen LogP contribution in [-0.2, 0) is 11.2 Å². The highest BCUT2D eigenvalue weighted by molar-refractivity contribution is 5.97. The Bertz CT molecular complexity index is 996. The van der Waals surface area contributed by atoms with E-state index in [1.165, 1.54) is 0 Å². The minimum atomic E-state index is -0.299. The average Bonchev–Trinajstić information content (AvgIpc) is 3.18. The maximum Gasteiger partial charge on any atom is 0.315 e. The molecule has 0 aromatic heterocycles. The van der Waals surface area contributed by atoms with Crippen molar-refractivity contribution in [2.45, 2.75) is 18.9 Å². The van der Waals surface area contributed by atoms with Crippen LogP contribution < -0.4 is 34.5 Å². The number of anilines is 1. The molecule has 3 amide bonds. The molecule has 1 fully saturated rings. The standard InChI is InChI=1S/C23H27N3O6/c1-29-18-5-3-15(11-20(18)30-2)7-8-24-23(28)25-16-12-22(27)26(14-16)17-4-6-19-21(13-17)32-10-9-31-19/h3-6,11,13,16H,7-10,12,14H2,1-2H3,(H2,24,25,28)/t16-/m1/s1. The van der Waals surface area contributed by atoms with E-state index in [9.17, 15) is 9.59 Å². The minimum Gasteiger partial charge on any atom is -0.493 e. The lowest BCUT2D eigenvalue weighted by molar-refractivity contribution is -0.117. The van der Waals surface area contributed by atoms with Crippen molar-refractivity contribution in [2.75, 3.05) is 45.4 Å². The van der Waals surface area contributed by atoms with Gasteiger partial charge in [0.1, 0.15) is 13.2 Å². The molecule has 9 heteroatoms. The first-order valence-corrected chi connectivity index (χ1v) is 10.5. The maximum absolute atomic E-state index is 12.5. The second-order valence-corrected chi connectivity index (χ2v) is 7.57. The number of carbonyl (C=O) groups is 2. The Kier molecular flexibility index (Phi) is 6.53. The molecule has 2 aromatic rings. The molecule has 0 spiro atoms. The molecule has 0 radical (unpaired) electrons. The van der Waals surface area contributed by atoms with Crippen molar-refractivity contribution in [1.29, 1.82) is 0 Å². The SMILES string of the molecule is COc1ccc(CCNC(=O)N[C@@H]2CC(=O)N(c3ccc4c(c3)OCCO4)C2)cc1OC. The van der Waals surface area contributed by atoms with Crippen LogP contribution in [0.25, 0.3) is 0 Å². The smallest absolute Gasteiger partial charge is 0.315 e. The highest BCUT2D eigenvalue weighted by Crippen LogP contribution is 2.35. The summed E-state index contributed by atoms with van der Waals surface area (Å²) in [5, 5.41) is 5.73. The topological polar surface area (TPSA) is 98.4 Å². The Hall–Kier alpha value is -3.62. The van der Waals surface area contributed by atoms with Crippen LogP contribution in [0.2, 0.25) is 0 Å². The summed E-state index contributed by atoms with van der Waals surface area (Å²) in [4.78, 5) is 26.5. The third kappa shape index (κ3) is 4.82. The third-order valence-corrected chi connectivity index (χ3v) is 5.44. The van der Waals surface area contributed by atoms with Crippen LogP contribution >= 0.6 is 0 Å². The van der Waals surface area contributed by atoms with Crippen molar-refractivity contribution in [2.24, 2.45) is 0 Å². The molecule has 1 saturated heterocycles. The van der Waals surface area contributed by atoms with Gasteiger partial charge in [-0.1, -0.05) is 6.07 Å². The zero-order chi connectivity index (χ0) is 22.5. The first kappa shape index (κ1) is 21.6. The van der Waals surface area contributed by atoms with Crippen LogP contribution in [-0.4, -0.2) is 58.5 Å². The fourth-order valence-electron chi connectivity index (χ4n) is 3.85. The number of nitrogens with one attached hydrogen (secondary N) is 2. The van der Waals surface area contributed by atoms with Crippen LogP contribution in [0.15, 0.2) is 36.4 Å². The van der Waals surface area contributed by atoms with Crippen LogP contribution in [0.5, 0.6) is 23.0 Å². The quantitative estimate of drug-likeness (QED) is 0.683. The molecular formula is C23H27N3O6. The molecule has 2 heterocycles. The van der Waals surface area contributed by atoms with E-state index in [1.54, 1.807) is 31.3 Å². The lowest BCUT2D eigenvalue weighted by atomic mass is 10.1. The number of carbonyl (C=O) groups excluding carboxylic acids is 2. The number of ether oxygens (including phenoxy) is 4. The van der Waals surface area contributed by atoms with Gasteiger partial charge in [0.25, 0.3) is 0 Å². The summed E-state index contributed by atoms with van der Waals surface area (Å²) in [7, 11) is 3.18. The van der Waals surface area contributed by atoms with Gasteiger partial charge in [-0.15, -0.1) is 0 Å². The first-order valence-electron chi connectivity index (χ1n) is 10.5. The van der Waals surface area contributed by atoms with E-state index in [0.717, 1.165) is 11.3 Å². The van der Waals surface area contributed by atoms with Crippen molar-refractivity contribution < 1.29 is 28.5 Å². The largest absolute Gasteiger partial charge is 0.493 e.